The van der Waals surface area contributed by atoms with Crippen LogP contribution in [-0.2, 0) is 6.54 Å². The van der Waals surface area contributed by atoms with E-state index in [1.165, 1.54) is 0 Å². The van der Waals surface area contributed by atoms with Gasteiger partial charge in [-0.15, -0.1) is 0 Å². The molecule has 146 valence electrons. The minimum absolute atomic E-state index is 0.485. The van der Waals surface area contributed by atoms with Crippen LogP contribution in [0.1, 0.15) is 16.8 Å². The van der Waals surface area contributed by atoms with Crippen molar-refractivity contribution in [3.05, 3.63) is 102 Å². The van der Waals surface area contributed by atoms with Gasteiger partial charge in [-0.2, -0.15) is 10.4 Å². The first kappa shape index (κ1) is 19.2. The van der Waals surface area contributed by atoms with Crippen molar-refractivity contribution in [2.75, 3.05) is 7.11 Å². The van der Waals surface area contributed by atoms with E-state index in [4.69, 9.17) is 9.84 Å². The van der Waals surface area contributed by atoms with Gasteiger partial charge in [0.05, 0.1) is 30.6 Å². The van der Waals surface area contributed by atoms with Crippen LogP contribution >= 0.6 is 0 Å². The Labute approximate surface area is 175 Å². The van der Waals surface area contributed by atoms with E-state index >= 15 is 0 Å². The van der Waals surface area contributed by atoms with Crippen molar-refractivity contribution in [2.24, 2.45) is 0 Å². The van der Waals surface area contributed by atoms with Gasteiger partial charge in [-0.1, -0.05) is 48.5 Å². The van der Waals surface area contributed by atoms with Crippen LogP contribution in [0.4, 0.5) is 0 Å². The topological polar surface area (TPSA) is 63.7 Å². The molecule has 0 saturated heterocycles. The molecule has 2 aromatic heterocycles. The Morgan fingerprint density at radius 1 is 1.07 bits per heavy atom. The largest absolute Gasteiger partial charge is 0.497 e. The summed E-state index contributed by atoms with van der Waals surface area (Å²) in [7, 11) is 1.64. The average molecular weight is 392 g/mol. The first-order chi connectivity index (χ1) is 14.8. The molecule has 0 fully saturated rings. The number of nitriles is 1. The Balaban J connectivity index is 1.81. The summed E-state index contributed by atoms with van der Waals surface area (Å²) in [6.07, 6.45) is 5.48. The van der Waals surface area contributed by atoms with Gasteiger partial charge < -0.3 is 4.74 Å². The molecule has 0 radical (unpaired) electrons. The molecule has 0 saturated carbocycles. The van der Waals surface area contributed by atoms with Gasteiger partial charge in [0.25, 0.3) is 0 Å². The van der Waals surface area contributed by atoms with Crippen molar-refractivity contribution >= 4 is 11.6 Å². The summed E-state index contributed by atoms with van der Waals surface area (Å²) in [6, 6.07) is 25.7. The first-order valence-corrected chi connectivity index (χ1v) is 9.56. The summed E-state index contributed by atoms with van der Waals surface area (Å²) >= 11 is 0. The van der Waals surface area contributed by atoms with Crippen molar-refractivity contribution in [3.8, 4) is 23.1 Å². The van der Waals surface area contributed by atoms with E-state index in [0.29, 0.717) is 17.8 Å². The molecule has 0 bridgehead atoms. The molecular weight excluding hydrogens is 372 g/mol. The lowest BCUT2D eigenvalue weighted by atomic mass is 10.0. The van der Waals surface area contributed by atoms with Gasteiger partial charge in [-0.25, -0.2) is 0 Å². The number of rotatable bonds is 6. The lowest BCUT2D eigenvalue weighted by Crippen LogP contribution is -2.00. The fourth-order valence-corrected chi connectivity index (χ4v) is 3.23. The standard InChI is InChI=1S/C25H20N4O/c1-30-23-11-7-10-20(15-23)25-22(14-21(16-26)24-12-5-6-13-27-24)18-29(28-25)17-19-8-3-2-4-9-19/h2-15,18H,17H2,1H3/b21-14+. The number of hydrogen-bond acceptors (Lipinski definition) is 4. The predicted molar refractivity (Wildman–Crippen MR) is 117 cm³/mol. The van der Waals surface area contributed by atoms with Gasteiger partial charge >= 0.3 is 0 Å². The number of methoxy groups -OCH3 is 1. The molecule has 0 aliphatic heterocycles. The van der Waals surface area contributed by atoms with Crippen LogP contribution in [0.15, 0.2) is 85.2 Å². The monoisotopic (exact) mass is 392 g/mol. The quantitative estimate of drug-likeness (QED) is 0.430. The molecule has 5 heteroatoms. The zero-order valence-electron chi connectivity index (χ0n) is 16.6. The molecule has 0 aliphatic carbocycles. The number of allylic oxidation sites excluding steroid dienone is 1. The summed E-state index contributed by atoms with van der Waals surface area (Å²) < 4.78 is 7.27. The van der Waals surface area contributed by atoms with E-state index in [2.05, 4.69) is 23.2 Å². The summed E-state index contributed by atoms with van der Waals surface area (Å²) in [6.45, 7) is 0.636. The summed E-state index contributed by atoms with van der Waals surface area (Å²) in [5.74, 6) is 0.755. The Kier molecular flexibility index (Phi) is 5.68. The number of ether oxygens (including phenoxy) is 1. The van der Waals surface area contributed by atoms with E-state index in [-0.39, 0.29) is 0 Å². The molecule has 2 aromatic carbocycles. The van der Waals surface area contributed by atoms with E-state index in [9.17, 15) is 5.26 Å². The van der Waals surface area contributed by atoms with Crippen molar-refractivity contribution in [1.29, 1.82) is 5.26 Å². The number of nitrogens with zero attached hydrogens (tertiary/aromatic N) is 4. The first-order valence-electron chi connectivity index (χ1n) is 9.56. The number of pyridine rings is 1. The molecule has 30 heavy (non-hydrogen) atoms. The van der Waals surface area contributed by atoms with Gasteiger partial charge in [-0.3, -0.25) is 9.67 Å². The lowest BCUT2D eigenvalue weighted by molar-refractivity contribution is 0.415. The maximum atomic E-state index is 9.72. The smallest absolute Gasteiger partial charge is 0.119 e. The van der Waals surface area contributed by atoms with Crippen LogP contribution in [0.3, 0.4) is 0 Å². The zero-order chi connectivity index (χ0) is 20.8. The minimum Gasteiger partial charge on any atom is -0.497 e. The van der Waals surface area contributed by atoms with Crippen molar-refractivity contribution in [3.63, 3.8) is 0 Å². The second-order valence-electron chi connectivity index (χ2n) is 6.73. The van der Waals surface area contributed by atoms with Crippen molar-refractivity contribution < 1.29 is 4.74 Å². The highest BCUT2D eigenvalue weighted by molar-refractivity contribution is 5.91. The van der Waals surface area contributed by atoms with E-state index < -0.39 is 0 Å². The predicted octanol–water partition coefficient (Wildman–Crippen LogP) is 5.07. The van der Waals surface area contributed by atoms with Crippen LogP contribution in [-0.4, -0.2) is 21.9 Å². The molecule has 0 amide bonds. The van der Waals surface area contributed by atoms with Crippen LogP contribution in [0, 0.1) is 11.3 Å². The highest BCUT2D eigenvalue weighted by Gasteiger charge is 2.13. The Morgan fingerprint density at radius 3 is 2.63 bits per heavy atom. The number of benzene rings is 2. The Bertz CT molecular complexity index is 1200. The van der Waals surface area contributed by atoms with Crippen molar-refractivity contribution in [1.82, 2.24) is 14.8 Å². The van der Waals surface area contributed by atoms with Crippen LogP contribution in [0.25, 0.3) is 22.9 Å². The van der Waals surface area contributed by atoms with E-state index in [1.54, 1.807) is 13.3 Å². The SMILES string of the molecule is COc1cccc(-c2nn(Cc3ccccc3)cc2/C=C(\C#N)c2ccccn2)c1. The third kappa shape index (κ3) is 4.29. The van der Waals surface area contributed by atoms with Gasteiger partial charge in [-0.05, 0) is 35.9 Å². The lowest BCUT2D eigenvalue weighted by Gasteiger charge is -2.04. The highest BCUT2D eigenvalue weighted by atomic mass is 16.5. The van der Waals surface area contributed by atoms with Gasteiger partial charge in [0.15, 0.2) is 0 Å². The third-order valence-corrected chi connectivity index (χ3v) is 4.68. The second-order valence-corrected chi connectivity index (χ2v) is 6.73. The van der Waals surface area contributed by atoms with Crippen LogP contribution < -0.4 is 4.74 Å². The van der Waals surface area contributed by atoms with E-state index in [0.717, 1.165) is 28.1 Å². The summed E-state index contributed by atoms with van der Waals surface area (Å²) in [5.41, 5.74) is 4.82. The minimum atomic E-state index is 0.485. The fraction of sp³-hybridized carbons (Fsp3) is 0.0800. The number of aromatic nitrogens is 3. The summed E-state index contributed by atoms with van der Waals surface area (Å²) in [4.78, 5) is 4.31. The molecule has 0 atom stereocenters. The van der Waals surface area contributed by atoms with Crippen LogP contribution in [0.5, 0.6) is 5.75 Å². The Hall–Kier alpha value is -4.17. The zero-order valence-corrected chi connectivity index (χ0v) is 16.6. The molecule has 2 heterocycles. The molecule has 0 aliphatic rings. The maximum Gasteiger partial charge on any atom is 0.119 e. The molecule has 4 rings (SSSR count). The Morgan fingerprint density at radius 2 is 1.90 bits per heavy atom. The number of hydrogen-bond donors (Lipinski definition) is 0. The average Bonchev–Trinajstić information content (AvgIpc) is 3.21. The molecule has 5 nitrogen and oxygen atoms in total. The normalized spacial score (nSPS) is 11.1. The van der Waals surface area contributed by atoms with Gasteiger partial charge in [0, 0.05) is 23.5 Å². The second kappa shape index (κ2) is 8.89. The molecule has 4 aromatic rings. The van der Waals surface area contributed by atoms with Crippen molar-refractivity contribution in [2.45, 2.75) is 6.54 Å². The van der Waals surface area contributed by atoms with Gasteiger partial charge in [0.2, 0.25) is 0 Å². The molecular formula is C25H20N4O. The summed E-state index contributed by atoms with van der Waals surface area (Å²) in [5, 5.41) is 14.5. The van der Waals surface area contributed by atoms with Gasteiger partial charge in [0.1, 0.15) is 11.8 Å². The molecule has 0 unspecified atom stereocenters. The highest BCUT2D eigenvalue weighted by Crippen LogP contribution is 2.28. The molecule has 0 spiro atoms. The maximum absolute atomic E-state index is 9.72. The molecule has 0 N–H and O–H groups in total. The van der Waals surface area contributed by atoms with E-state index in [1.807, 2.05) is 77.6 Å². The third-order valence-electron chi connectivity index (χ3n) is 4.68. The van der Waals surface area contributed by atoms with Crippen LogP contribution in [0.2, 0.25) is 0 Å². The fourth-order valence-electron chi connectivity index (χ4n) is 3.23.